The molecule has 1 heterocycles. The molecule has 0 fully saturated rings. The summed E-state index contributed by atoms with van der Waals surface area (Å²) in [6, 6.07) is 11.2. The van der Waals surface area contributed by atoms with Crippen LogP contribution < -0.4 is 4.74 Å². The Kier molecular flexibility index (Phi) is 5.84. The van der Waals surface area contributed by atoms with Crippen LogP contribution in [-0.4, -0.2) is 37.6 Å². The highest BCUT2D eigenvalue weighted by atomic mass is 32.2. The SMILES string of the molecule is Cc1cc(CCC(=O)O)ccc1OCC1=C(c2ccc(F)cc2)CS(=O)(=O)C1. The van der Waals surface area contributed by atoms with Gasteiger partial charge >= 0.3 is 5.97 Å². The standard InChI is InChI=1S/C21H21FO5S/c1-14-10-15(3-9-21(23)24)2-8-20(14)27-11-17-12-28(25,26)13-19(17)16-4-6-18(22)7-5-16/h2,4-8,10H,3,9,11-13H2,1H3,(H,23,24). The summed E-state index contributed by atoms with van der Waals surface area (Å²) in [7, 11) is -3.24. The molecule has 0 atom stereocenters. The first kappa shape index (κ1) is 20.1. The third kappa shape index (κ3) is 4.98. The van der Waals surface area contributed by atoms with E-state index in [9.17, 15) is 17.6 Å². The summed E-state index contributed by atoms with van der Waals surface area (Å²) >= 11 is 0. The number of carbonyl (C=O) groups is 1. The summed E-state index contributed by atoms with van der Waals surface area (Å²) < 4.78 is 43.3. The number of hydrogen-bond donors (Lipinski definition) is 1. The van der Waals surface area contributed by atoms with Crippen molar-refractivity contribution in [2.24, 2.45) is 0 Å². The Hall–Kier alpha value is -2.67. The van der Waals surface area contributed by atoms with Crippen LogP contribution in [0.3, 0.4) is 0 Å². The third-order valence-corrected chi connectivity index (χ3v) is 6.16. The van der Waals surface area contributed by atoms with Gasteiger partial charge in [-0.1, -0.05) is 24.3 Å². The van der Waals surface area contributed by atoms with Crippen molar-refractivity contribution in [1.82, 2.24) is 0 Å². The van der Waals surface area contributed by atoms with Crippen molar-refractivity contribution >= 4 is 21.4 Å². The molecule has 0 aromatic heterocycles. The number of benzene rings is 2. The van der Waals surface area contributed by atoms with Gasteiger partial charge in [-0.2, -0.15) is 0 Å². The highest BCUT2D eigenvalue weighted by Gasteiger charge is 2.28. The summed E-state index contributed by atoms with van der Waals surface area (Å²) in [4.78, 5) is 10.7. The Morgan fingerprint density at radius 3 is 2.50 bits per heavy atom. The second-order valence-electron chi connectivity index (χ2n) is 6.90. The number of aryl methyl sites for hydroxylation is 2. The average molecular weight is 404 g/mol. The highest BCUT2D eigenvalue weighted by Crippen LogP contribution is 2.30. The molecule has 2 aromatic rings. The van der Waals surface area contributed by atoms with Crippen LogP contribution in [0, 0.1) is 12.7 Å². The van der Waals surface area contributed by atoms with E-state index in [-0.39, 0.29) is 30.4 Å². The van der Waals surface area contributed by atoms with Gasteiger partial charge in [-0.3, -0.25) is 4.79 Å². The predicted octanol–water partition coefficient (Wildman–Crippen LogP) is 3.41. The maximum absolute atomic E-state index is 13.2. The van der Waals surface area contributed by atoms with Crippen molar-refractivity contribution in [2.75, 3.05) is 18.1 Å². The topological polar surface area (TPSA) is 80.7 Å². The van der Waals surface area contributed by atoms with Gasteiger partial charge in [0.05, 0.1) is 11.5 Å². The van der Waals surface area contributed by atoms with Crippen molar-refractivity contribution in [1.29, 1.82) is 0 Å². The number of rotatable bonds is 7. The molecule has 148 valence electrons. The molecule has 0 radical (unpaired) electrons. The molecule has 7 heteroatoms. The van der Waals surface area contributed by atoms with Gasteiger partial charge < -0.3 is 9.84 Å². The van der Waals surface area contributed by atoms with Crippen LogP contribution in [0.15, 0.2) is 48.0 Å². The molecule has 1 aliphatic rings. The summed E-state index contributed by atoms with van der Waals surface area (Å²) in [6.07, 6.45) is 0.500. The molecule has 0 saturated carbocycles. The lowest BCUT2D eigenvalue weighted by Gasteiger charge is -2.12. The Morgan fingerprint density at radius 1 is 1.14 bits per heavy atom. The monoisotopic (exact) mass is 404 g/mol. The van der Waals surface area contributed by atoms with E-state index in [1.54, 1.807) is 18.2 Å². The number of ether oxygens (including phenoxy) is 1. The van der Waals surface area contributed by atoms with Crippen LogP contribution in [0.5, 0.6) is 5.75 Å². The lowest BCUT2D eigenvalue weighted by Crippen LogP contribution is -2.08. The minimum Gasteiger partial charge on any atom is -0.489 e. The largest absolute Gasteiger partial charge is 0.489 e. The minimum atomic E-state index is -3.24. The van der Waals surface area contributed by atoms with Gasteiger partial charge in [-0.25, -0.2) is 12.8 Å². The van der Waals surface area contributed by atoms with Crippen molar-refractivity contribution < 1.29 is 27.4 Å². The van der Waals surface area contributed by atoms with Crippen LogP contribution in [0.4, 0.5) is 4.39 Å². The number of hydrogen-bond acceptors (Lipinski definition) is 4. The molecule has 0 amide bonds. The van der Waals surface area contributed by atoms with E-state index < -0.39 is 15.8 Å². The maximum atomic E-state index is 13.2. The molecule has 28 heavy (non-hydrogen) atoms. The molecule has 2 aromatic carbocycles. The van der Waals surface area contributed by atoms with Gasteiger partial charge in [-0.05, 0) is 59.4 Å². The fourth-order valence-corrected chi connectivity index (χ4v) is 4.94. The molecule has 0 spiro atoms. The van der Waals surface area contributed by atoms with E-state index in [1.807, 2.05) is 19.1 Å². The summed E-state index contributed by atoms with van der Waals surface area (Å²) in [5.41, 5.74) is 3.77. The van der Waals surface area contributed by atoms with E-state index in [2.05, 4.69) is 0 Å². The van der Waals surface area contributed by atoms with Gasteiger partial charge in [0.1, 0.15) is 18.2 Å². The van der Waals surface area contributed by atoms with E-state index in [4.69, 9.17) is 9.84 Å². The smallest absolute Gasteiger partial charge is 0.303 e. The van der Waals surface area contributed by atoms with Crippen molar-refractivity contribution in [3.63, 3.8) is 0 Å². The number of carboxylic acids is 1. The molecule has 5 nitrogen and oxygen atoms in total. The Balaban J connectivity index is 1.77. The van der Waals surface area contributed by atoms with Crippen molar-refractivity contribution in [3.05, 3.63) is 70.5 Å². The first-order chi connectivity index (χ1) is 13.2. The van der Waals surface area contributed by atoms with Gasteiger partial charge in [0.25, 0.3) is 0 Å². The zero-order valence-corrected chi connectivity index (χ0v) is 16.3. The van der Waals surface area contributed by atoms with Gasteiger partial charge in [0.15, 0.2) is 9.84 Å². The zero-order valence-electron chi connectivity index (χ0n) is 15.4. The number of halogens is 1. The van der Waals surface area contributed by atoms with Gasteiger partial charge in [-0.15, -0.1) is 0 Å². The number of aliphatic carboxylic acids is 1. The van der Waals surface area contributed by atoms with Crippen molar-refractivity contribution in [3.8, 4) is 5.75 Å². The second-order valence-corrected chi connectivity index (χ2v) is 8.97. The molecule has 0 unspecified atom stereocenters. The van der Waals surface area contributed by atoms with Crippen LogP contribution in [0.2, 0.25) is 0 Å². The summed E-state index contributed by atoms with van der Waals surface area (Å²) in [6.45, 7) is 1.99. The van der Waals surface area contributed by atoms with E-state index in [1.165, 1.54) is 12.1 Å². The molecule has 1 N–H and O–H groups in total. The Morgan fingerprint density at radius 2 is 1.86 bits per heavy atom. The zero-order chi connectivity index (χ0) is 20.3. The Bertz CT molecular complexity index is 1020. The fraction of sp³-hybridized carbons (Fsp3) is 0.286. The minimum absolute atomic E-state index is 0.0609. The lowest BCUT2D eigenvalue weighted by atomic mass is 10.0. The summed E-state index contributed by atoms with van der Waals surface area (Å²) in [5.74, 6) is -0.753. The molecular formula is C21H21FO5S. The van der Waals surface area contributed by atoms with E-state index in [0.29, 0.717) is 28.9 Å². The van der Waals surface area contributed by atoms with Gasteiger partial charge in [0, 0.05) is 6.42 Å². The molecule has 0 aliphatic carbocycles. The van der Waals surface area contributed by atoms with Crippen LogP contribution in [-0.2, 0) is 21.1 Å². The lowest BCUT2D eigenvalue weighted by molar-refractivity contribution is -0.136. The predicted molar refractivity (Wildman–Crippen MR) is 105 cm³/mol. The third-order valence-electron chi connectivity index (χ3n) is 4.65. The van der Waals surface area contributed by atoms with Crippen LogP contribution in [0.1, 0.15) is 23.1 Å². The average Bonchev–Trinajstić information content (AvgIpc) is 2.94. The van der Waals surface area contributed by atoms with E-state index in [0.717, 1.165) is 11.1 Å². The first-order valence-electron chi connectivity index (χ1n) is 8.85. The first-order valence-corrected chi connectivity index (χ1v) is 10.7. The highest BCUT2D eigenvalue weighted by molar-refractivity contribution is 7.92. The Labute approximate surface area is 163 Å². The number of carboxylic acid groups (broad SMARTS) is 1. The maximum Gasteiger partial charge on any atom is 0.303 e. The van der Waals surface area contributed by atoms with Crippen molar-refractivity contribution in [2.45, 2.75) is 19.8 Å². The van der Waals surface area contributed by atoms with Crippen LogP contribution in [0.25, 0.3) is 5.57 Å². The molecular weight excluding hydrogens is 383 g/mol. The number of sulfone groups is 1. The fourth-order valence-electron chi connectivity index (χ4n) is 3.24. The molecule has 1 aliphatic heterocycles. The molecule has 0 bridgehead atoms. The normalized spacial score (nSPS) is 15.6. The second kappa shape index (κ2) is 8.14. The quantitative estimate of drug-likeness (QED) is 0.765. The van der Waals surface area contributed by atoms with E-state index >= 15 is 0 Å². The van der Waals surface area contributed by atoms with Gasteiger partial charge in [0.2, 0.25) is 0 Å². The summed E-state index contributed by atoms with van der Waals surface area (Å²) in [5, 5.41) is 8.78. The molecule has 3 rings (SSSR count). The van der Waals surface area contributed by atoms with Crippen LogP contribution >= 0.6 is 0 Å². The molecule has 0 saturated heterocycles.